The Kier molecular flexibility index (Phi) is 7.16. The van der Waals surface area contributed by atoms with Crippen molar-refractivity contribution >= 4 is 11.6 Å². The maximum atomic E-state index is 13.6. The zero-order valence-electron chi connectivity index (χ0n) is 18.0. The molecule has 0 saturated heterocycles. The molecule has 0 nitrogen and oxygen atoms in total. The van der Waals surface area contributed by atoms with Crippen molar-refractivity contribution in [2.45, 2.75) is 77.0 Å². The normalized spacial score (nSPS) is 22.6. The van der Waals surface area contributed by atoms with Crippen molar-refractivity contribution in [2.24, 2.45) is 11.8 Å². The van der Waals surface area contributed by atoms with Crippen LogP contribution in [0.3, 0.4) is 0 Å². The highest BCUT2D eigenvalue weighted by molar-refractivity contribution is 6.30. The predicted octanol–water partition coefficient (Wildman–Crippen LogP) is 8.30. The number of fused-ring (bicyclic) bond motifs is 3. The standard InChI is InChI=1S/C28H32ClF/c1-2-3-4-5-6-20-9-14-25-23(17-20)12-13-24-18-21(10-15-26(24)25)7-8-22-11-16-27(29)28(30)19-22/h10-11,15-16,18-20,23,25H,2-6,9,12-14,17H2,1H3. The van der Waals surface area contributed by atoms with Gasteiger partial charge >= 0.3 is 0 Å². The fourth-order valence-corrected chi connectivity index (χ4v) is 5.65. The molecule has 2 aromatic rings. The van der Waals surface area contributed by atoms with Gasteiger partial charge in [-0.05, 0) is 91.3 Å². The topological polar surface area (TPSA) is 0 Å². The van der Waals surface area contributed by atoms with Crippen molar-refractivity contribution in [2.75, 3.05) is 0 Å². The van der Waals surface area contributed by atoms with E-state index in [2.05, 4.69) is 37.0 Å². The van der Waals surface area contributed by atoms with E-state index < -0.39 is 5.82 Å². The summed E-state index contributed by atoms with van der Waals surface area (Å²) in [6.45, 7) is 2.29. The van der Waals surface area contributed by atoms with Gasteiger partial charge in [-0.2, -0.15) is 0 Å². The first-order chi connectivity index (χ1) is 14.6. The molecule has 3 atom stereocenters. The highest BCUT2D eigenvalue weighted by Gasteiger charge is 2.34. The Morgan fingerprint density at radius 1 is 0.967 bits per heavy atom. The largest absolute Gasteiger partial charge is 0.205 e. The van der Waals surface area contributed by atoms with Gasteiger partial charge in [-0.1, -0.05) is 68.5 Å². The highest BCUT2D eigenvalue weighted by Crippen LogP contribution is 2.48. The molecule has 1 fully saturated rings. The molecular weight excluding hydrogens is 391 g/mol. The SMILES string of the molecule is CCCCCCC1CCC2c3ccc(C#Cc4ccc(Cl)c(F)c4)cc3CCC2C1. The summed E-state index contributed by atoms with van der Waals surface area (Å²) in [6.07, 6.45) is 13.7. The van der Waals surface area contributed by atoms with Crippen LogP contribution in [0.25, 0.3) is 0 Å². The van der Waals surface area contributed by atoms with Gasteiger partial charge in [-0.3, -0.25) is 0 Å². The van der Waals surface area contributed by atoms with E-state index in [-0.39, 0.29) is 5.02 Å². The van der Waals surface area contributed by atoms with E-state index in [0.29, 0.717) is 5.56 Å². The molecule has 2 aromatic carbocycles. The first-order valence-corrected chi connectivity index (χ1v) is 12.1. The lowest BCUT2D eigenvalue weighted by atomic mass is 9.64. The lowest BCUT2D eigenvalue weighted by molar-refractivity contribution is 0.199. The van der Waals surface area contributed by atoms with Crippen molar-refractivity contribution in [1.82, 2.24) is 0 Å². The van der Waals surface area contributed by atoms with Crippen LogP contribution in [-0.2, 0) is 6.42 Å². The molecule has 30 heavy (non-hydrogen) atoms. The quantitative estimate of drug-likeness (QED) is 0.335. The van der Waals surface area contributed by atoms with Crippen molar-refractivity contribution in [1.29, 1.82) is 0 Å². The van der Waals surface area contributed by atoms with Crippen molar-refractivity contribution in [3.05, 3.63) is 69.5 Å². The van der Waals surface area contributed by atoms with Gasteiger partial charge in [0.15, 0.2) is 0 Å². The molecule has 2 aliphatic rings. The van der Waals surface area contributed by atoms with E-state index in [4.69, 9.17) is 11.6 Å². The molecule has 0 spiro atoms. The Bertz CT molecular complexity index is 935. The van der Waals surface area contributed by atoms with Gasteiger partial charge in [0.2, 0.25) is 0 Å². The Labute approximate surface area is 186 Å². The molecule has 0 aromatic heterocycles. The highest BCUT2D eigenvalue weighted by atomic mass is 35.5. The average molecular weight is 423 g/mol. The molecule has 0 radical (unpaired) electrons. The molecule has 0 amide bonds. The third-order valence-electron chi connectivity index (χ3n) is 7.15. The lowest BCUT2D eigenvalue weighted by Crippen LogP contribution is -2.28. The van der Waals surface area contributed by atoms with Crippen molar-refractivity contribution < 1.29 is 4.39 Å². The molecule has 0 heterocycles. The van der Waals surface area contributed by atoms with Crippen molar-refractivity contribution in [3.8, 4) is 11.8 Å². The van der Waals surface area contributed by atoms with E-state index in [1.165, 1.54) is 75.8 Å². The maximum absolute atomic E-state index is 13.6. The summed E-state index contributed by atoms with van der Waals surface area (Å²) in [6, 6.07) is 11.5. The van der Waals surface area contributed by atoms with Gasteiger partial charge in [0.25, 0.3) is 0 Å². The Morgan fingerprint density at radius 2 is 1.77 bits per heavy atom. The molecule has 2 aliphatic carbocycles. The van der Waals surface area contributed by atoms with Crippen LogP contribution in [0, 0.1) is 29.5 Å². The van der Waals surface area contributed by atoms with E-state index in [1.807, 2.05) is 0 Å². The summed E-state index contributed by atoms with van der Waals surface area (Å²) in [5.74, 6) is 8.44. The van der Waals surface area contributed by atoms with E-state index in [0.717, 1.165) is 23.3 Å². The monoisotopic (exact) mass is 422 g/mol. The van der Waals surface area contributed by atoms with Gasteiger partial charge in [0.1, 0.15) is 5.82 Å². The molecule has 3 unspecified atom stereocenters. The molecule has 2 heteroatoms. The number of hydrogen-bond acceptors (Lipinski definition) is 0. The van der Waals surface area contributed by atoms with Gasteiger partial charge < -0.3 is 0 Å². The van der Waals surface area contributed by atoms with Crippen LogP contribution >= 0.6 is 11.6 Å². The third kappa shape index (κ3) is 5.09. The molecule has 158 valence electrons. The fourth-order valence-electron chi connectivity index (χ4n) is 5.53. The van der Waals surface area contributed by atoms with Crippen molar-refractivity contribution in [3.63, 3.8) is 0 Å². The molecule has 0 bridgehead atoms. The van der Waals surface area contributed by atoms with Gasteiger partial charge in [0, 0.05) is 11.1 Å². The number of rotatable bonds is 5. The van der Waals surface area contributed by atoms with Gasteiger partial charge in [0.05, 0.1) is 5.02 Å². The van der Waals surface area contributed by atoms with E-state index >= 15 is 0 Å². The van der Waals surface area contributed by atoms with Gasteiger partial charge in [-0.25, -0.2) is 4.39 Å². The van der Waals surface area contributed by atoms with Crippen LogP contribution in [0.15, 0.2) is 36.4 Å². The second kappa shape index (κ2) is 10.0. The van der Waals surface area contributed by atoms with Crippen LogP contribution in [0.4, 0.5) is 4.39 Å². The number of unbranched alkanes of at least 4 members (excludes halogenated alkanes) is 3. The summed E-state index contributed by atoms with van der Waals surface area (Å²) in [4.78, 5) is 0. The molecule has 1 saturated carbocycles. The average Bonchev–Trinajstić information content (AvgIpc) is 2.77. The van der Waals surface area contributed by atoms with Crippen LogP contribution < -0.4 is 0 Å². The van der Waals surface area contributed by atoms with Crippen LogP contribution in [-0.4, -0.2) is 0 Å². The molecule has 4 rings (SSSR count). The second-order valence-electron chi connectivity index (χ2n) is 9.23. The summed E-state index contributed by atoms with van der Waals surface area (Å²) in [5.41, 5.74) is 4.73. The number of benzene rings is 2. The first kappa shape index (κ1) is 21.5. The van der Waals surface area contributed by atoms with Gasteiger partial charge in [-0.15, -0.1) is 0 Å². The van der Waals surface area contributed by atoms with Crippen LogP contribution in [0.2, 0.25) is 5.02 Å². The Morgan fingerprint density at radius 3 is 2.57 bits per heavy atom. The minimum atomic E-state index is -0.416. The Balaban J connectivity index is 1.41. The summed E-state index contributed by atoms with van der Waals surface area (Å²) in [7, 11) is 0. The maximum Gasteiger partial charge on any atom is 0.143 e. The molecule has 0 N–H and O–H groups in total. The van der Waals surface area contributed by atoms with Crippen LogP contribution in [0.1, 0.15) is 92.9 Å². The fraction of sp³-hybridized carbons (Fsp3) is 0.500. The number of hydrogen-bond donors (Lipinski definition) is 0. The number of halogens is 2. The lowest BCUT2D eigenvalue weighted by Gasteiger charge is -2.40. The molecular formula is C28H32ClF. The summed E-state index contributed by atoms with van der Waals surface area (Å²) < 4.78 is 13.6. The minimum absolute atomic E-state index is 0.138. The predicted molar refractivity (Wildman–Crippen MR) is 124 cm³/mol. The smallest absolute Gasteiger partial charge is 0.143 e. The minimum Gasteiger partial charge on any atom is -0.205 e. The van der Waals surface area contributed by atoms with Crippen LogP contribution in [0.5, 0.6) is 0 Å². The van der Waals surface area contributed by atoms with E-state index in [9.17, 15) is 4.39 Å². The zero-order chi connectivity index (χ0) is 20.9. The third-order valence-corrected chi connectivity index (χ3v) is 7.46. The number of aryl methyl sites for hydroxylation is 1. The van der Waals surface area contributed by atoms with E-state index in [1.54, 1.807) is 17.7 Å². The first-order valence-electron chi connectivity index (χ1n) is 11.7. The second-order valence-corrected chi connectivity index (χ2v) is 9.63. The molecule has 0 aliphatic heterocycles. The summed E-state index contributed by atoms with van der Waals surface area (Å²) >= 11 is 5.76. The zero-order valence-corrected chi connectivity index (χ0v) is 18.8. The Hall–Kier alpha value is -1.78. The summed E-state index contributed by atoms with van der Waals surface area (Å²) in [5, 5.41) is 0.138.